The Balaban J connectivity index is 1.57. The first-order chi connectivity index (χ1) is 12.4. The molecule has 0 radical (unpaired) electrons. The number of rotatable bonds is 3. The van der Waals surface area contributed by atoms with Crippen LogP contribution in [0.15, 0.2) is 36.7 Å². The maximum Gasteiger partial charge on any atom is 0.277 e. The zero-order chi connectivity index (χ0) is 18.3. The number of anilines is 2. The van der Waals surface area contributed by atoms with E-state index in [1.807, 2.05) is 36.2 Å². The lowest BCUT2D eigenvalue weighted by Crippen LogP contribution is -2.34. The van der Waals surface area contributed by atoms with Crippen molar-refractivity contribution in [3.8, 4) is 0 Å². The SMILES string of the molecule is CN(c1cc(C(=O)N2CCc3ccccc32)ncn1)C1CCS(=O)(=O)C1. The Bertz CT molecular complexity index is 960. The minimum absolute atomic E-state index is 0.120. The van der Waals surface area contributed by atoms with Crippen LogP contribution in [0.25, 0.3) is 0 Å². The summed E-state index contributed by atoms with van der Waals surface area (Å²) in [5, 5.41) is 0. The van der Waals surface area contributed by atoms with Crippen molar-refractivity contribution >= 4 is 27.2 Å². The van der Waals surface area contributed by atoms with Crippen LogP contribution in [0.3, 0.4) is 0 Å². The first-order valence-corrected chi connectivity index (χ1v) is 10.4. The van der Waals surface area contributed by atoms with Gasteiger partial charge in [-0.25, -0.2) is 18.4 Å². The summed E-state index contributed by atoms with van der Waals surface area (Å²) in [6.07, 6.45) is 2.77. The molecule has 1 aromatic heterocycles. The Morgan fingerprint density at radius 3 is 2.85 bits per heavy atom. The van der Waals surface area contributed by atoms with E-state index in [1.165, 1.54) is 6.33 Å². The smallest absolute Gasteiger partial charge is 0.277 e. The van der Waals surface area contributed by atoms with Crippen LogP contribution in [-0.2, 0) is 16.3 Å². The molecule has 8 heteroatoms. The molecule has 26 heavy (non-hydrogen) atoms. The molecule has 4 rings (SSSR count). The van der Waals surface area contributed by atoms with Crippen LogP contribution >= 0.6 is 0 Å². The molecule has 1 atom stereocenters. The van der Waals surface area contributed by atoms with E-state index in [9.17, 15) is 13.2 Å². The fourth-order valence-corrected chi connectivity index (χ4v) is 5.39. The molecule has 136 valence electrons. The third-order valence-corrected chi connectivity index (χ3v) is 6.87. The van der Waals surface area contributed by atoms with Crippen molar-refractivity contribution in [1.82, 2.24) is 9.97 Å². The van der Waals surface area contributed by atoms with Crippen LogP contribution in [0, 0.1) is 0 Å². The molecule has 7 nitrogen and oxygen atoms in total. The predicted molar refractivity (Wildman–Crippen MR) is 99.3 cm³/mol. The zero-order valence-electron chi connectivity index (χ0n) is 14.5. The number of amides is 1. The van der Waals surface area contributed by atoms with Gasteiger partial charge in [0.15, 0.2) is 9.84 Å². The van der Waals surface area contributed by atoms with E-state index in [1.54, 1.807) is 11.0 Å². The lowest BCUT2D eigenvalue weighted by atomic mass is 10.2. The summed E-state index contributed by atoms with van der Waals surface area (Å²) in [4.78, 5) is 24.9. The van der Waals surface area contributed by atoms with Gasteiger partial charge >= 0.3 is 0 Å². The van der Waals surface area contributed by atoms with E-state index in [-0.39, 0.29) is 23.5 Å². The Labute approximate surface area is 152 Å². The van der Waals surface area contributed by atoms with Gasteiger partial charge in [0.05, 0.1) is 11.5 Å². The van der Waals surface area contributed by atoms with Gasteiger partial charge in [-0.1, -0.05) is 18.2 Å². The maximum atomic E-state index is 12.9. The fraction of sp³-hybridized carbons (Fsp3) is 0.389. The minimum Gasteiger partial charge on any atom is -0.356 e. The summed E-state index contributed by atoms with van der Waals surface area (Å²) in [5.74, 6) is 0.726. The minimum atomic E-state index is -2.98. The molecule has 1 unspecified atom stereocenters. The average Bonchev–Trinajstić information content (AvgIpc) is 3.23. The molecule has 1 saturated heterocycles. The van der Waals surface area contributed by atoms with Crippen molar-refractivity contribution in [3.05, 3.63) is 47.9 Å². The highest BCUT2D eigenvalue weighted by Gasteiger charge is 2.32. The number of carbonyl (C=O) groups is 1. The van der Waals surface area contributed by atoms with Gasteiger partial charge in [0.2, 0.25) is 0 Å². The van der Waals surface area contributed by atoms with Gasteiger partial charge in [0.25, 0.3) is 5.91 Å². The monoisotopic (exact) mass is 372 g/mol. The van der Waals surface area contributed by atoms with Crippen LogP contribution in [-0.4, -0.2) is 55.4 Å². The third kappa shape index (κ3) is 3.05. The maximum absolute atomic E-state index is 12.9. The number of hydrogen-bond acceptors (Lipinski definition) is 6. The summed E-state index contributed by atoms with van der Waals surface area (Å²) >= 11 is 0. The zero-order valence-corrected chi connectivity index (χ0v) is 15.3. The predicted octanol–water partition coefficient (Wildman–Crippen LogP) is 1.30. The summed E-state index contributed by atoms with van der Waals surface area (Å²) in [7, 11) is -1.17. The van der Waals surface area contributed by atoms with Crippen molar-refractivity contribution < 1.29 is 13.2 Å². The highest BCUT2D eigenvalue weighted by atomic mass is 32.2. The number of fused-ring (bicyclic) bond motifs is 1. The molecule has 1 aromatic carbocycles. The number of benzene rings is 1. The fourth-order valence-electron chi connectivity index (χ4n) is 3.61. The molecule has 0 spiro atoms. The Morgan fingerprint density at radius 1 is 1.27 bits per heavy atom. The molecule has 0 saturated carbocycles. The van der Waals surface area contributed by atoms with Crippen molar-refractivity contribution in [3.63, 3.8) is 0 Å². The van der Waals surface area contributed by atoms with Gasteiger partial charge in [0.1, 0.15) is 17.8 Å². The summed E-state index contributed by atoms with van der Waals surface area (Å²) < 4.78 is 23.4. The van der Waals surface area contributed by atoms with Crippen LogP contribution in [0.2, 0.25) is 0 Å². The highest BCUT2D eigenvalue weighted by molar-refractivity contribution is 7.91. The second-order valence-corrected chi connectivity index (χ2v) is 8.99. The molecular weight excluding hydrogens is 352 g/mol. The summed E-state index contributed by atoms with van der Waals surface area (Å²) in [5.41, 5.74) is 2.40. The van der Waals surface area contributed by atoms with Gasteiger partial charge in [-0.2, -0.15) is 0 Å². The lowest BCUT2D eigenvalue weighted by molar-refractivity contribution is 0.0984. The molecular formula is C18H20N4O3S. The average molecular weight is 372 g/mol. The molecule has 0 N–H and O–H groups in total. The van der Waals surface area contributed by atoms with E-state index in [0.717, 1.165) is 17.7 Å². The lowest BCUT2D eigenvalue weighted by Gasteiger charge is -2.25. The Kier molecular flexibility index (Phi) is 4.14. The van der Waals surface area contributed by atoms with Crippen LogP contribution in [0.4, 0.5) is 11.5 Å². The number of hydrogen-bond donors (Lipinski definition) is 0. The van der Waals surface area contributed by atoms with Crippen LogP contribution in [0.1, 0.15) is 22.5 Å². The van der Waals surface area contributed by atoms with Crippen molar-refractivity contribution in [1.29, 1.82) is 0 Å². The number of nitrogens with zero attached hydrogens (tertiary/aromatic N) is 4. The highest BCUT2D eigenvalue weighted by Crippen LogP contribution is 2.29. The Hall–Kier alpha value is -2.48. The normalized spacial score (nSPS) is 20.8. The topological polar surface area (TPSA) is 83.5 Å². The second-order valence-electron chi connectivity index (χ2n) is 6.76. The summed E-state index contributed by atoms with van der Waals surface area (Å²) in [6, 6.07) is 9.39. The quantitative estimate of drug-likeness (QED) is 0.808. The van der Waals surface area contributed by atoms with E-state index in [0.29, 0.717) is 24.5 Å². The van der Waals surface area contributed by atoms with Gasteiger partial charge < -0.3 is 9.80 Å². The van der Waals surface area contributed by atoms with Crippen molar-refractivity contribution in [2.24, 2.45) is 0 Å². The van der Waals surface area contributed by atoms with E-state index in [4.69, 9.17) is 0 Å². The molecule has 1 amide bonds. The third-order valence-electron chi connectivity index (χ3n) is 5.12. The number of para-hydroxylation sites is 1. The second kappa shape index (κ2) is 6.35. The first kappa shape index (κ1) is 17.0. The van der Waals surface area contributed by atoms with Gasteiger partial charge in [-0.3, -0.25) is 4.79 Å². The molecule has 0 bridgehead atoms. The van der Waals surface area contributed by atoms with Crippen LogP contribution in [0.5, 0.6) is 0 Å². The largest absolute Gasteiger partial charge is 0.356 e. The van der Waals surface area contributed by atoms with E-state index < -0.39 is 9.84 Å². The molecule has 0 aliphatic carbocycles. The number of aromatic nitrogens is 2. The first-order valence-electron chi connectivity index (χ1n) is 8.60. The number of sulfone groups is 1. The molecule has 2 aliphatic rings. The Morgan fingerprint density at radius 2 is 2.08 bits per heavy atom. The van der Waals surface area contributed by atoms with Crippen molar-refractivity contribution in [2.75, 3.05) is 34.9 Å². The van der Waals surface area contributed by atoms with E-state index >= 15 is 0 Å². The van der Waals surface area contributed by atoms with Crippen molar-refractivity contribution in [2.45, 2.75) is 18.9 Å². The molecule has 2 aromatic rings. The van der Waals surface area contributed by atoms with Gasteiger partial charge in [0, 0.05) is 31.4 Å². The molecule has 1 fully saturated rings. The molecule has 3 heterocycles. The van der Waals surface area contributed by atoms with Crippen LogP contribution < -0.4 is 9.80 Å². The van der Waals surface area contributed by atoms with Gasteiger partial charge in [-0.15, -0.1) is 0 Å². The van der Waals surface area contributed by atoms with Gasteiger partial charge in [-0.05, 0) is 24.5 Å². The molecule has 2 aliphatic heterocycles. The summed E-state index contributed by atoms with van der Waals surface area (Å²) in [6.45, 7) is 0.633. The van der Waals surface area contributed by atoms with E-state index in [2.05, 4.69) is 9.97 Å². The standard InChI is InChI=1S/C18H20N4O3S/c1-21(14-7-9-26(24,25)11-14)17-10-15(19-12-20-17)18(23)22-8-6-13-4-2-3-5-16(13)22/h2-5,10,12,14H,6-9,11H2,1H3. The number of carbonyl (C=O) groups excluding carboxylic acids is 1.